The third-order valence-electron chi connectivity index (χ3n) is 4.64. The number of fused-ring (bicyclic) bond motifs is 2. The Labute approximate surface area is 146 Å². The number of benzene rings is 2. The van der Waals surface area contributed by atoms with Crippen molar-refractivity contribution in [3.05, 3.63) is 59.2 Å². The molecular weight excluding hydrogens is 340 g/mol. The summed E-state index contributed by atoms with van der Waals surface area (Å²) in [4.78, 5) is 4.31. The van der Waals surface area contributed by atoms with Crippen molar-refractivity contribution < 1.29 is 8.78 Å². The van der Waals surface area contributed by atoms with Gasteiger partial charge in [0.15, 0.2) is 0 Å². The van der Waals surface area contributed by atoms with Crippen molar-refractivity contribution in [1.82, 2.24) is 14.8 Å². The molecule has 6 heteroatoms. The lowest BCUT2D eigenvalue weighted by atomic mass is 9.97. The van der Waals surface area contributed by atoms with E-state index in [1.54, 1.807) is 11.3 Å². The first-order valence-electron chi connectivity index (χ1n) is 8.09. The fourth-order valence-electron chi connectivity index (χ4n) is 3.51. The molecule has 1 aliphatic rings. The average Bonchev–Trinajstić information content (AvgIpc) is 3.30. The first kappa shape index (κ1) is 14.7. The molecule has 124 valence electrons. The molecule has 0 saturated heterocycles. The summed E-state index contributed by atoms with van der Waals surface area (Å²) in [6.07, 6.45) is 1.91. The minimum Gasteiger partial charge on any atom is -0.268 e. The van der Waals surface area contributed by atoms with Crippen molar-refractivity contribution in [3.8, 4) is 22.4 Å². The van der Waals surface area contributed by atoms with Crippen LogP contribution in [0.2, 0.25) is 0 Å². The second kappa shape index (κ2) is 5.46. The number of thiazole rings is 1. The van der Waals surface area contributed by atoms with Crippen LogP contribution in [-0.4, -0.2) is 14.8 Å². The van der Waals surface area contributed by atoms with E-state index in [1.165, 1.54) is 6.07 Å². The predicted molar refractivity (Wildman–Crippen MR) is 94.5 cm³/mol. The van der Waals surface area contributed by atoms with Gasteiger partial charge in [0.1, 0.15) is 17.3 Å². The summed E-state index contributed by atoms with van der Waals surface area (Å²) in [6.45, 7) is 0.808. The van der Waals surface area contributed by atoms with Crippen LogP contribution in [0.1, 0.15) is 12.1 Å². The third-order valence-corrected chi connectivity index (χ3v) is 5.44. The Kier molecular flexibility index (Phi) is 3.21. The van der Waals surface area contributed by atoms with Crippen molar-refractivity contribution in [2.75, 3.05) is 0 Å². The normalized spacial score (nSPS) is 13.5. The van der Waals surface area contributed by atoms with Crippen LogP contribution in [0.4, 0.5) is 8.78 Å². The molecule has 0 spiro atoms. The van der Waals surface area contributed by atoms with Gasteiger partial charge in [0.05, 0.1) is 15.7 Å². The summed E-state index contributed by atoms with van der Waals surface area (Å²) in [6, 6.07) is 9.52. The molecular formula is C19H13F2N3S. The highest BCUT2D eigenvalue weighted by Gasteiger charge is 2.25. The first-order chi connectivity index (χ1) is 12.2. The molecule has 1 aliphatic heterocycles. The van der Waals surface area contributed by atoms with Crippen LogP contribution >= 0.6 is 11.3 Å². The smallest absolute Gasteiger partial charge is 0.132 e. The second-order valence-electron chi connectivity index (χ2n) is 6.16. The van der Waals surface area contributed by atoms with Crippen molar-refractivity contribution in [2.24, 2.45) is 0 Å². The van der Waals surface area contributed by atoms with Crippen LogP contribution in [0.3, 0.4) is 0 Å². The molecule has 5 rings (SSSR count). The number of aromatic nitrogens is 3. The van der Waals surface area contributed by atoms with E-state index < -0.39 is 11.6 Å². The molecule has 0 saturated carbocycles. The van der Waals surface area contributed by atoms with Crippen LogP contribution in [0.25, 0.3) is 32.6 Å². The van der Waals surface area contributed by atoms with E-state index in [0.717, 1.165) is 58.6 Å². The molecule has 0 N–H and O–H groups in total. The molecule has 25 heavy (non-hydrogen) atoms. The van der Waals surface area contributed by atoms with E-state index in [0.29, 0.717) is 5.69 Å². The summed E-state index contributed by atoms with van der Waals surface area (Å²) in [7, 11) is 0. The van der Waals surface area contributed by atoms with Gasteiger partial charge in [-0.05, 0) is 48.7 Å². The minimum absolute atomic E-state index is 0.210. The highest BCUT2D eigenvalue weighted by molar-refractivity contribution is 7.16. The average molecular weight is 353 g/mol. The number of halogens is 2. The van der Waals surface area contributed by atoms with Gasteiger partial charge in [-0.15, -0.1) is 11.3 Å². The van der Waals surface area contributed by atoms with E-state index in [9.17, 15) is 8.78 Å². The molecule has 4 aromatic rings. The Hall–Kier alpha value is -2.60. The zero-order valence-electron chi connectivity index (χ0n) is 13.2. The fourth-order valence-corrected chi connectivity index (χ4v) is 4.23. The molecule has 0 aliphatic carbocycles. The molecule has 0 amide bonds. The van der Waals surface area contributed by atoms with Crippen molar-refractivity contribution >= 4 is 21.6 Å². The van der Waals surface area contributed by atoms with Crippen molar-refractivity contribution in [3.63, 3.8) is 0 Å². The number of hydrogen-bond donors (Lipinski definition) is 0. The van der Waals surface area contributed by atoms with Crippen LogP contribution in [0, 0.1) is 11.6 Å². The van der Waals surface area contributed by atoms with Gasteiger partial charge in [-0.25, -0.2) is 13.8 Å². The second-order valence-corrected chi connectivity index (χ2v) is 7.04. The first-order valence-corrected chi connectivity index (χ1v) is 8.97. The van der Waals surface area contributed by atoms with E-state index in [-0.39, 0.29) is 5.56 Å². The van der Waals surface area contributed by atoms with E-state index in [1.807, 2.05) is 22.3 Å². The van der Waals surface area contributed by atoms with Gasteiger partial charge in [-0.3, -0.25) is 4.68 Å². The molecule has 0 fully saturated rings. The summed E-state index contributed by atoms with van der Waals surface area (Å²) in [5.41, 5.74) is 6.43. The quantitative estimate of drug-likeness (QED) is 0.505. The summed E-state index contributed by atoms with van der Waals surface area (Å²) in [5, 5.41) is 4.60. The molecule has 2 aromatic carbocycles. The van der Waals surface area contributed by atoms with Gasteiger partial charge < -0.3 is 0 Å². The highest BCUT2D eigenvalue weighted by Crippen LogP contribution is 2.39. The SMILES string of the molecule is Fc1ccc(F)c(-c2nn3c(c2-c2ccc4ncsc4c2)CCC3)c1. The number of aryl methyl sites for hydroxylation is 1. The van der Waals surface area contributed by atoms with E-state index in [4.69, 9.17) is 0 Å². The van der Waals surface area contributed by atoms with Gasteiger partial charge in [0.2, 0.25) is 0 Å². The summed E-state index contributed by atoms with van der Waals surface area (Å²) in [5.74, 6) is -0.924. The van der Waals surface area contributed by atoms with E-state index in [2.05, 4.69) is 16.1 Å². The largest absolute Gasteiger partial charge is 0.268 e. The standard InChI is InChI=1S/C19H13F2N3S/c20-12-4-5-14(21)13(9-12)19-18(16-2-1-7-24(16)23-19)11-3-6-15-17(8-11)25-10-22-15/h3-6,8-10H,1-2,7H2. The minimum atomic E-state index is -0.464. The van der Waals surface area contributed by atoms with Crippen LogP contribution < -0.4 is 0 Å². The molecule has 0 radical (unpaired) electrons. The lowest BCUT2D eigenvalue weighted by molar-refractivity contribution is 0.601. The van der Waals surface area contributed by atoms with E-state index >= 15 is 0 Å². The molecule has 2 aromatic heterocycles. The van der Waals surface area contributed by atoms with Crippen LogP contribution in [0.5, 0.6) is 0 Å². The Bertz CT molecular complexity index is 1110. The third kappa shape index (κ3) is 2.28. The van der Waals surface area contributed by atoms with Gasteiger partial charge in [-0.1, -0.05) is 6.07 Å². The molecule has 3 nitrogen and oxygen atoms in total. The molecule has 0 unspecified atom stereocenters. The lowest BCUT2D eigenvalue weighted by Gasteiger charge is -2.07. The molecule has 0 bridgehead atoms. The monoisotopic (exact) mass is 353 g/mol. The topological polar surface area (TPSA) is 30.7 Å². The molecule has 0 atom stereocenters. The fraction of sp³-hybridized carbons (Fsp3) is 0.158. The van der Waals surface area contributed by atoms with Crippen LogP contribution in [0.15, 0.2) is 41.9 Å². The number of hydrogen-bond acceptors (Lipinski definition) is 3. The number of rotatable bonds is 2. The van der Waals surface area contributed by atoms with Crippen molar-refractivity contribution in [2.45, 2.75) is 19.4 Å². The predicted octanol–water partition coefficient (Wildman–Crippen LogP) is 5.05. The van der Waals surface area contributed by atoms with Gasteiger partial charge in [0.25, 0.3) is 0 Å². The number of nitrogens with zero attached hydrogens (tertiary/aromatic N) is 3. The Balaban J connectivity index is 1.79. The Morgan fingerprint density at radius 2 is 2.00 bits per heavy atom. The Morgan fingerprint density at radius 1 is 1.08 bits per heavy atom. The highest BCUT2D eigenvalue weighted by atomic mass is 32.1. The zero-order chi connectivity index (χ0) is 17.0. The summed E-state index contributed by atoms with van der Waals surface area (Å²) >= 11 is 1.57. The van der Waals surface area contributed by atoms with Crippen molar-refractivity contribution in [1.29, 1.82) is 0 Å². The van der Waals surface area contributed by atoms with Gasteiger partial charge >= 0.3 is 0 Å². The Morgan fingerprint density at radius 3 is 2.92 bits per heavy atom. The van der Waals surface area contributed by atoms with Crippen LogP contribution in [-0.2, 0) is 13.0 Å². The summed E-state index contributed by atoms with van der Waals surface area (Å²) < 4.78 is 31.1. The molecule has 3 heterocycles. The maximum Gasteiger partial charge on any atom is 0.132 e. The van der Waals surface area contributed by atoms with Gasteiger partial charge in [0, 0.05) is 23.4 Å². The maximum atomic E-state index is 14.4. The maximum absolute atomic E-state index is 14.4. The van der Waals surface area contributed by atoms with Gasteiger partial charge in [-0.2, -0.15) is 5.10 Å². The lowest BCUT2D eigenvalue weighted by Crippen LogP contribution is -1.95. The zero-order valence-corrected chi connectivity index (χ0v) is 14.0.